The average molecular weight is 518 g/mol. The van der Waals surface area contributed by atoms with Crippen molar-refractivity contribution in [3.63, 3.8) is 0 Å². The number of hydrogen-bond acceptors (Lipinski definition) is 9. The molecule has 2 aromatic rings. The highest BCUT2D eigenvalue weighted by atomic mass is 19.1. The Hall–Kier alpha value is -3.51. The molecule has 3 heterocycles. The third-order valence-corrected chi connectivity index (χ3v) is 6.12. The number of fused-ring (bicyclic) bond motifs is 1. The molecule has 2 aliphatic rings. The molecular formula is C25H32FN5O6. The predicted octanol–water partition coefficient (Wildman–Crippen LogP) is 2.68. The quantitative estimate of drug-likeness (QED) is 0.595. The summed E-state index contributed by atoms with van der Waals surface area (Å²) in [6.45, 7) is 9.38. The van der Waals surface area contributed by atoms with Gasteiger partial charge in [-0.15, -0.1) is 0 Å². The highest BCUT2D eigenvalue weighted by molar-refractivity contribution is 6.03. The molecule has 0 saturated carbocycles. The molecule has 2 N–H and O–H groups in total. The summed E-state index contributed by atoms with van der Waals surface area (Å²) in [7, 11) is 0. The van der Waals surface area contributed by atoms with Crippen molar-refractivity contribution in [2.75, 3.05) is 56.3 Å². The van der Waals surface area contributed by atoms with Gasteiger partial charge in [0.25, 0.3) is 5.91 Å². The van der Waals surface area contributed by atoms with Crippen LogP contribution in [-0.4, -0.2) is 89.7 Å². The van der Waals surface area contributed by atoms with E-state index >= 15 is 4.39 Å². The van der Waals surface area contributed by atoms with Crippen LogP contribution in [0.5, 0.6) is 5.88 Å². The average Bonchev–Trinajstić information content (AvgIpc) is 2.96. The van der Waals surface area contributed by atoms with Gasteiger partial charge in [-0.25, -0.2) is 14.2 Å². The number of nitrogens with zero attached hydrogens (tertiary/aromatic N) is 4. The monoisotopic (exact) mass is 517 g/mol. The number of morpholine rings is 1. The Bertz CT molecular complexity index is 1180. The molecule has 1 aromatic heterocycles. The van der Waals surface area contributed by atoms with Crippen LogP contribution in [0.2, 0.25) is 0 Å². The van der Waals surface area contributed by atoms with Crippen molar-refractivity contribution in [2.45, 2.75) is 39.3 Å². The molecule has 0 bridgehead atoms. The normalized spacial score (nSPS) is 19.1. The third kappa shape index (κ3) is 5.75. The van der Waals surface area contributed by atoms with E-state index in [4.69, 9.17) is 24.3 Å². The maximum atomic E-state index is 15.1. The molecule has 0 spiro atoms. The smallest absolute Gasteiger partial charge is 0.411 e. The third-order valence-electron chi connectivity index (χ3n) is 6.12. The number of aromatic nitrogens is 2. The van der Waals surface area contributed by atoms with E-state index in [1.54, 1.807) is 11.0 Å². The zero-order chi connectivity index (χ0) is 26.7. The maximum absolute atomic E-state index is 15.1. The van der Waals surface area contributed by atoms with Crippen molar-refractivity contribution in [1.29, 1.82) is 0 Å². The fraction of sp³-hybridized carbons (Fsp3) is 0.520. The van der Waals surface area contributed by atoms with Crippen LogP contribution in [0.3, 0.4) is 0 Å². The molecule has 1 aromatic carbocycles. The largest absolute Gasteiger partial charge is 0.469 e. The summed E-state index contributed by atoms with van der Waals surface area (Å²) in [5.74, 6) is -0.565. The number of ether oxygens (including phenoxy) is 3. The van der Waals surface area contributed by atoms with Crippen molar-refractivity contribution < 1.29 is 33.3 Å². The van der Waals surface area contributed by atoms with Gasteiger partial charge in [0.1, 0.15) is 23.6 Å². The minimum Gasteiger partial charge on any atom is -0.469 e. The van der Waals surface area contributed by atoms with Gasteiger partial charge in [-0.2, -0.15) is 4.98 Å². The van der Waals surface area contributed by atoms with Gasteiger partial charge in [-0.05, 0) is 39.8 Å². The Morgan fingerprint density at radius 1 is 1.35 bits per heavy atom. The van der Waals surface area contributed by atoms with E-state index in [1.807, 2.05) is 32.6 Å². The lowest BCUT2D eigenvalue weighted by molar-refractivity contribution is 0.0541. The summed E-state index contributed by atoms with van der Waals surface area (Å²) < 4.78 is 31.6. The number of aliphatic hydroxyl groups is 1. The number of anilines is 2. The number of benzene rings is 1. The highest BCUT2D eigenvalue weighted by Gasteiger charge is 2.38. The van der Waals surface area contributed by atoms with Crippen LogP contribution >= 0.6 is 0 Å². The number of rotatable bonds is 6. The summed E-state index contributed by atoms with van der Waals surface area (Å²) in [6.07, 6.45) is -0.899. The first-order valence-electron chi connectivity index (χ1n) is 12.2. The molecule has 1 fully saturated rings. The molecule has 1 atom stereocenters. The van der Waals surface area contributed by atoms with Crippen molar-refractivity contribution in [3.05, 3.63) is 29.6 Å². The SMILES string of the molecule is CCN1CC(C)(C)Oc2nc(N3CCOC[C@@H]3C)nc(-c3ccc(NC(=O)OCCO)c(F)c3)c2C1=O. The second-order valence-corrected chi connectivity index (χ2v) is 9.53. The predicted molar refractivity (Wildman–Crippen MR) is 133 cm³/mol. The van der Waals surface area contributed by atoms with Crippen LogP contribution in [-0.2, 0) is 9.47 Å². The summed E-state index contributed by atoms with van der Waals surface area (Å²) in [5.41, 5.74) is -0.134. The van der Waals surface area contributed by atoms with Gasteiger partial charge in [0.2, 0.25) is 11.8 Å². The summed E-state index contributed by atoms with van der Waals surface area (Å²) in [6, 6.07) is 4.09. The van der Waals surface area contributed by atoms with Crippen LogP contribution in [0.1, 0.15) is 38.1 Å². The Morgan fingerprint density at radius 3 is 2.81 bits per heavy atom. The van der Waals surface area contributed by atoms with Gasteiger partial charge >= 0.3 is 6.09 Å². The zero-order valence-electron chi connectivity index (χ0n) is 21.4. The Kier molecular flexibility index (Phi) is 7.79. The first kappa shape index (κ1) is 26.6. The Morgan fingerprint density at radius 2 is 2.14 bits per heavy atom. The van der Waals surface area contributed by atoms with E-state index in [0.717, 1.165) is 0 Å². The standard InChI is InChI=1S/C25H32FN5O6/c1-5-30-14-25(3,4)37-21-19(22(30)33)20(28-23(29-21)31-8-10-35-13-15(31)2)16-6-7-18(17(26)12-16)27-24(34)36-11-9-32/h6-7,12,15,32H,5,8-11,13-14H2,1-4H3,(H,27,34)/t15-/m0/s1. The van der Waals surface area contributed by atoms with Gasteiger partial charge in [0.05, 0.1) is 43.8 Å². The zero-order valence-corrected chi connectivity index (χ0v) is 21.4. The van der Waals surface area contributed by atoms with Gasteiger partial charge in [0, 0.05) is 18.7 Å². The summed E-state index contributed by atoms with van der Waals surface area (Å²) in [5, 5.41) is 11.1. The van der Waals surface area contributed by atoms with Crippen LogP contribution in [0.15, 0.2) is 18.2 Å². The molecule has 2 amide bonds. The molecule has 1 saturated heterocycles. The number of likely N-dealkylation sites (N-methyl/N-ethyl adjacent to an activating group) is 1. The van der Waals surface area contributed by atoms with Crippen LogP contribution < -0.4 is 15.0 Å². The molecule has 0 radical (unpaired) electrons. The molecule has 200 valence electrons. The van der Waals surface area contributed by atoms with Crippen LogP contribution in [0.4, 0.5) is 20.8 Å². The lowest BCUT2D eigenvalue weighted by atomic mass is 10.0. The molecule has 2 aliphatic heterocycles. The molecule has 0 unspecified atom stereocenters. The summed E-state index contributed by atoms with van der Waals surface area (Å²) in [4.78, 5) is 38.5. The van der Waals surface area contributed by atoms with Gasteiger partial charge < -0.3 is 29.1 Å². The first-order chi connectivity index (χ1) is 17.6. The van der Waals surface area contributed by atoms with Crippen molar-refractivity contribution in [3.8, 4) is 17.1 Å². The number of nitrogens with one attached hydrogen (secondary N) is 1. The van der Waals surface area contributed by atoms with Crippen molar-refractivity contribution in [2.24, 2.45) is 0 Å². The number of amides is 2. The minimum absolute atomic E-state index is 0.0190. The van der Waals surface area contributed by atoms with Crippen molar-refractivity contribution >= 4 is 23.6 Å². The fourth-order valence-electron chi connectivity index (χ4n) is 4.34. The molecule has 12 heteroatoms. The maximum Gasteiger partial charge on any atom is 0.411 e. The molecular weight excluding hydrogens is 485 g/mol. The Balaban J connectivity index is 1.83. The highest BCUT2D eigenvalue weighted by Crippen LogP contribution is 2.37. The van der Waals surface area contributed by atoms with Gasteiger partial charge in [-0.3, -0.25) is 10.1 Å². The Labute approximate surface area is 214 Å². The van der Waals surface area contributed by atoms with Gasteiger partial charge in [0.15, 0.2) is 0 Å². The van der Waals surface area contributed by atoms with E-state index < -0.39 is 17.5 Å². The van der Waals surface area contributed by atoms with Crippen LogP contribution in [0.25, 0.3) is 11.3 Å². The van der Waals surface area contributed by atoms with E-state index in [0.29, 0.717) is 44.4 Å². The topological polar surface area (TPSA) is 126 Å². The number of carbonyl (C=O) groups is 2. The number of carbonyl (C=O) groups excluding carboxylic acids is 2. The summed E-state index contributed by atoms with van der Waals surface area (Å²) >= 11 is 0. The van der Waals surface area contributed by atoms with E-state index in [-0.39, 0.29) is 48.0 Å². The lowest BCUT2D eigenvalue weighted by Gasteiger charge is -2.34. The number of hydrogen-bond donors (Lipinski definition) is 2. The molecule has 11 nitrogen and oxygen atoms in total. The number of halogens is 1. The first-order valence-corrected chi connectivity index (χ1v) is 12.2. The lowest BCUT2D eigenvalue weighted by Crippen LogP contribution is -2.44. The van der Waals surface area contributed by atoms with E-state index in [1.165, 1.54) is 12.1 Å². The minimum atomic E-state index is -0.899. The van der Waals surface area contributed by atoms with Crippen LogP contribution in [0, 0.1) is 5.82 Å². The van der Waals surface area contributed by atoms with Crippen molar-refractivity contribution in [1.82, 2.24) is 14.9 Å². The van der Waals surface area contributed by atoms with E-state index in [9.17, 15) is 9.59 Å². The second kappa shape index (κ2) is 10.9. The second-order valence-electron chi connectivity index (χ2n) is 9.53. The molecule has 4 rings (SSSR count). The van der Waals surface area contributed by atoms with Gasteiger partial charge in [-0.1, -0.05) is 6.07 Å². The van der Waals surface area contributed by atoms with E-state index in [2.05, 4.69) is 10.3 Å². The fourth-order valence-corrected chi connectivity index (χ4v) is 4.34. The molecule has 0 aliphatic carbocycles. The molecule has 37 heavy (non-hydrogen) atoms. The number of aliphatic hydroxyl groups excluding tert-OH is 1.